The number of hydrogen-bond donors (Lipinski definition) is 2. The van der Waals surface area contributed by atoms with E-state index in [1.807, 2.05) is 0 Å². The van der Waals surface area contributed by atoms with Crippen LogP contribution in [0, 0.1) is 0 Å². The second-order valence-electron chi connectivity index (χ2n) is 6.89. The van der Waals surface area contributed by atoms with E-state index in [4.69, 9.17) is 11.6 Å². The molecule has 1 amide bonds. The molecular weight excluding hydrogens is 404 g/mol. The van der Waals surface area contributed by atoms with Crippen LogP contribution in [0.1, 0.15) is 22.7 Å². The second-order valence-corrected chi connectivity index (χ2v) is 7.32. The van der Waals surface area contributed by atoms with Crippen LogP contribution in [0.2, 0.25) is 5.02 Å². The molecule has 0 radical (unpaired) electrons. The summed E-state index contributed by atoms with van der Waals surface area (Å²) in [5.41, 5.74) is 1.56. The molecule has 30 heavy (non-hydrogen) atoms. The molecule has 0 bridgehead atoms. The molecule has 4 rings (SSSR count). The molecule has 3 aromatic rings. The van der Waals surface area contributed by atoms with Crippen molar-refractivity contribution in [2.75, 3.05) is 0 Å². The highest BCUT2D eigenvalue weighted by Crippen LogP contribution is 2.41. The molecule has 1 atom stereocenters. The Balaban J connectivity index is 1.88. The van der Waals surface area contributed by atoms with Crippen molar-refractivity contribution < 1.29 is 19.8 Å². The number of halogens is 1. The summed E-state index contributed by atoms with van der Waals surface area (Å²) in [5.74, 6) is -1.86. The lowest BCUT2D eigenvalue weighted by molar-refractivity contribution is -0.140. The maximum atomic E-state index is 13.0. The van der Waals surface area contributed by atoms with Gasteiger partial charge in [0.05, 0.1) is 11.6 Å². The van der Waals surface area contributed by atoms with Crippen molar-refractivity contribution in [3.63, 3.8) is 0 Å². The summed E-state index contributed by atoms with van der Waals surface area (Å²) in [7, 11) is 0. The van der Waals surface area contributed by atoms with Gasteiger partial charge in [0.25, 0.3) is 11.7 Å². The molecule has 6 nitrogen and oxygen atoms in total. The minimum atomic E-state index is -0.871. The van der Waals surface area contributed by atoms with Gasteiger partial charge in [0.2, 0.25) is 0 Å². The molecular formula is C23H17ClN2O4. The van der Waals surface area contributed by atoms with E-state index in [-0.39, 0.29) is 23.6 Å². The number of amides is 1. The van der Waals surface area contributed by atoms with Crippen molar-refractivity contribution >= 4 is 29.1 Å². The average Bonchev–Trinajstić information content (AvgIpc) is 2.99. The monoisotopic (exact) mass is 420 g/mol. The molecule has 0 spiro atoms. The zero-order chi connectivity index (χ0) is 21.3. The highest BCUT2D eigenvalue weighted by Gasteiger charge is 2.46. The molecule has 1 unspecified atom stereocenters. The van der Waals surface area contributed by atoms with Gasteiger partial charge in [-0.2, -0.15) is 0 Å². The number of aromatic nitrogens is 1. The standard InChI is InChI=1S/C23H17ClN2O4/c24-17-5-1-4-16(11-17)21(28)19-20(15-3-2-6-18(27)12-15)26(23(30)22(19)29)13-14-7-9-25-10-8-14/h1-12,20,27-28H,13H2/b21-19-. The van der Waals surface area contributed by atoms with Crippen molar-refractivity contribution in [2.45, 2.75) is 12.6 Å². The molecule has 0 aliphatic carbocycles. The lowest BCUT2D eigenvalue weighted by Gasteiger charge is -2.25. The Morgan fingerprint density at radius 2 is 1.77 bits per heavy atom. The molecule has 2 N–H and O–H groups in total. The Morgan fingerprint density at radius 3 is 2.47 bits per heavy atom. The van der Waals surface area contributed by atoms with Gasteiger partial charge >= 0.3 is 0 Å². The lowest BCUT2D eigenvalue weighted by atomic mass is 9.95. The third-order valence-electron chi connectivity index (χ3n) is 4.93. The molecule has 1 saturated heterocycles. The predicted octanol–water partition coefficient (Wildman–Crippen LogP) is 4.06. The number of carbonyl (C=O) groups is 2. The highest BCUT2D eigenvalue weighted by atomic mass is 35.5. The highest BCUT2D eigenvalue weighted by molar-refractivity contribution is 6.46. The van der Waals surface area contributed by atoms with E-state index in [2.05, 4.69) is 4.98 Å². The number of aliphatic hydroxyl groups is 1. The van der Waals surface area contributed by atoms with Crippen molar-refractivity contribution in [3.05, 3.63) is 100 Å². The van der Waals surface area contributed by atoms with Gasteiger partial charge in [0.1, 0.15) is 11.5 Å². The lowest BCUT2D eigenvalue weighted by Crippen LogP contribution is -2.29. The van der Waals surface area contributed by atoms with Crippen LogP contribution in [0.15, 0.2) is 78.6 Å². The van der Waals surface area contributed by atoms with E-state index in [1.165, 1.54) is 23.1 Å². The van der Waals surface area contributed by atoms with Crippen LogP contribution in [0.4, 0.5) is 0 Å². The van der Waals surface area contributed by atoms with Crippen LogP contribution < -0.4 is 0 Å². The fourth-order valence-corrected chi connectivity index (χ4v) is 3.75. The van der Waals surface area contributed by atoms with Crippen molar-refractivity contribution in [1.82, 2.24) is 9.88 Å². The van der Waals surface area contributed by atoms with Crippen LogP contribution in [-0.4, -0.2) is 31.8 Å². The fraction of sp³-hybridized carbons (Fsp3) is 0.0870. The molecule has 2 heterocycles. The first-order valence-corrected chi connectivity index (χ1v) is 9.55. The molecule has 1 aliphatic rings. The summed E-state index contributed by atoms with van der Waals surface area (Å²) < 4.78 is 0. The number of benzene rings is 2. The number of Topliss-reactive ketones (excluding diaryl/α,β-unsaturated/α-hetero) is 1. The molecule has 2 aromatic carbocycles. The minimum Gasteiger partial charge on any atom is -0.508 e. The molecule has 7 heteroatoms. The summed E-state index contributed by atoms with van der Waals surface area (Å²) in [6.07, 6.45) is 3.20. The number of carbonyl (C=O) groups excluding carboxylic acids is 2. The number of nitrogens with zero attached hydrogens (tertiary/aromatic N) is 2. The molecule has 1 aromatic heterocycles. The van der Waals surface area contributed by atoms with Crippen molar-refractivity contribution in [3.8, 4) is 5.75 Å². The first kappa shape index (κ1) is 19.7. The SMILES string of the molecule is O=C1C(=O)N(Cc2ccncc2)C(c2cccc(O)c2)/C1=C(/O)c1cccc(Cl)c1. The fourth-order valence-electron chi connectivity index (χ4n) is 3.56. The number of aliphatic hydroxyl groups excluding tert-OH is 1. The maximum Gasteiger partial charge on any atom is 0.295 e. The van der Waals surface area contributed by atoms with E-state index >= 15 is 0 Å². The molecule has 0 saturated carbocycles. The van der Waals surface area contributed by atoms with Gasteiger partial charge in [-0.25, -0.2) is 0 Å². The summed E-state index contributed by atoms with van der Waals surface area (Å²) in [6.45, 7) is 0.139. The van der Waals surface area contributed by atoms with Gasteiger partial charge in [0.15, 0.2) is 0 Å². The Bertz CT molecular complexity index is 1160. The second kappa shape index (κ2) is 8.00. The zero-order valence-corrected chi connectivity index (χ0v) is 16.5. The third-order valence-corrected chi connectivity index (χ3v) is 5.16. The topological polar surface area (TPSA) is 90.7 Å². The molecule has 1 fully saturated rings. The van der Waals surface area contributed by atoms with E-state index in [1.54, 1.807) is 54.9 Å². The van der Waals surface area contributed by atoms with Crippen LogP contribution in [0.5, 0.6) is 5.75 Å². The first-order chi connectivity index (χ1) is 14.5. The van der Waals surface area contributed by atoms with E-state index in [0.717, 1.165) is 5.56 Å². The Labute approximate surface area is 177 Å². The van der Waals surface area contributed by atoms with Gasteiger partial charge in [0, 0.05) is 29.5 Å². The van der Waals surface area contributed by atoms with E-state index < -0.39 is 17.7 Å². The number of pyridine rings is 1. The van der Waals surface area contributed by atoms with Crippen molar-refractivity contribution in [1.29, 1.82) is 0 Å². The predicted molar refractivity (Wildman–Crippen MR) is 112 cm³/mol. The van der Waals surface area contributed by atoms with Crippen LogP contribution >= 0.6 is 11.6 Å². The van der Waals surface area contributed by atoms with Gasteiger partial charge < -0.3 is 15.1 Å². The summed E-state index contributed by atoms with van der Waals surface area (Å²) in [6, 6.07) is 15.3. The molecule has 150 valence electrons. The van der Waals surface area contributed by atoms with Crippen molar-refractivity contribution in [2.24, 2.45) is 0 Å². The summed E-state index contributed by atoms with van der Waals surface area (Å²) in [4.78, 5) is 31.2. The number of likely N-dealkylation sites (tertiary alicyclic amines) is 1. The quantitative estimate of drug-likeness (QED) is 0.377. The third kappa shape index (κ3) is 3.65. The van der Waals surface area contributed by atoms with E-state index in [0.29, 0.717) is 16.1 Å². The molecule has 1 aliphatic heterocycles. The van der Waals surface area contributed by atoms with Crippen LogP contribution in [-0.2, 0) is 16.1 Å². The number of ketones is 1. The number of phenols is 1. The average molecular weight is 421 g/mol. The summed E-state index contributed by atoms with van der Waals surface area (Å²) >= 11 is 6.04. The van der Waals surface area contributed by atoms with Gasteiger partial charge in [-0.15, -0.1) is 0 Å². The largest absolute Gasteiger partial charge is 0.508 e. The Hall–Kier alpha value is -3.64. The van der Waals surface area contributed by atoms with Gasteiger partial charge in [-0.1, -0.05) is 35.9 Å². The number of phenolic OH excluding ortho intramolecular Hbond substituents is 1. The minimum absolute atomic E-state index is 0.00949. The maximum absolute atomic E-state index is 13.0. The number of aromatic hydroxyl groups is 1. The number of hydrogen-bond acceptors (Lipinski definition) is 5. The first-order valence-electron chi connectivity index (χ1n) is 9.18. The Morgan fingerprint density at radius 1 is 1.03 bits per heavy atom. The number of rotatable bonds is 4. The van der Waals surface area contributed by atoms with Gasteiger partial charge in [-0.05, 0) is 47.5 Å². The normalized spacial score (nSPS) is 18.0. The van der Waals surface area contributed by atoms with Crippen LogP contribution in [0.3, 0.4) is 0 Å². The van der Waals surface area contributed by atoms with E-state index in [9.17, 15) is 19.8 Å². The Kier molecular flexibility index (Phi) is 5.25. The zero-order valence-electron chi connectivity index (χ0n) is 15.7. The van der Waals surface area contributed by atoms with Gasteiger partial charge in [-0.3, -0.25) is 14.6 Å². The van der Waals surface area contributed by atoms with Crippen LogP contribution in [0.25, 0.3) is 5.76 Å². The smallest absolute Gasteiger partial charge is 0.295 e. The summed E-state index contributed by atoms with van der Waals surface area (Å²) in [5, 5.41) is 21.3.